The van der Waals surface area contributed by atoms with Crippen LogP contribution in [0.3, 0.4) is 0 Å². The van der Waals surface area contributed by atoms with Gasteiger partial charge in [-0.05, 0) is 25.0 Å². The lowest BCUT2D eigenvalue weighted by Gasteiger charge is -2.18. The number of rotatable bonds is 3. The van der Waals surface area contributed by atoms with E-state index in [1.807, 2.05) is 0 Å². The average molecular weight is 249 g/mol. The lowest BCUT2D eigenvalue weighted by Crippen LogP contribution is -2.15. The van der Waals surface area contributed by atoms with Crippen molar-refractivity contribution in [3.63, 3.8) is 0 Å². The quantitative estimate of drug-likeness (QED) is 0.833. The summed E-state index contributed by atoms with van der Waals surface area (Å²) < 4.78 is 21.7. The van der Waals surface area contributed by atoms with Gasteiger partial charge in [-0.25, -0.2) is 8.42 Å². The molecule has 1 aromatic carbocycles. The maximum atomic E-state index is 10.9. The molecule has 0 aliphatic carbocycles. The Balaban J connectivity index is 3.04. The molecule has 1 N–H and O–H groups in total. The summed E-state index contributed by atoms with van der Waals surface area (Å²) >= 11 is 0. The third-order valence-electron chi connectivity index (χ3n) is 1.97. The molecule has 3 nitrogen and oxygen atoms in total. The van der Waals surface area contributed by atoms with Gasteiger partial charge in [0.2, 0.25) is 9.05 Å². The van der Waals surface area contributed by atoms with Crippen LogP contribution in [0.25, 0.3) is 0 Å². The largest absolute Gasteiger partial charge is 0.386 e. The van der Waals surface area contributed by atoms with Crippen LogP contribution in [0, 0.1) is 0 Å². The lowest BCUT2D eigenvalue weighted by molar-refractivity contribution is 0.0785. The summed E-state index contributed by atoms with van der Waals surface area (Å²) in [5.74, 6) is -0.224. The van der Waals surface area contributed by atoms with Crippen LogP contribution in [0.4, 0.5) is 0 Å². The molecule has 0 spiro atoms. The zero-order valence-electron chi connectivity index (χ0n) is 8.57. The highest BCUT2D eigenvalue weighted by Crippen LogP contribution is 2.21. The average Bonchev–Trinajstić information content (AvgIpc) is 1.99. The number of hydrogen-bond acceptors (Lipinski definition) is 3. The highest BCUT2D eigenvalue weighted by Gasteiger charge is 2.16. The lowest BCUT2D eigenvalue weighted by atomic mass is 9.97. The second-order valence-electron chi connectivity index (χ2n) is 3.94. The van der Waals surface area contributed by atoms with Gasteiger partial charge in [0.05, 0.1) is 11.4 Å². The molecule has 0 saturated heterocycles. The normalized spacial score (nSPS) is 12.8. The van der Waals surface area contributed by atoms with Crippen molar-refractivity contribution < 1.29 is 13.5 Å². The van der Waals surface area contributed by atoms with Gasteiger partial charge in [0.25, 0.3) is 0 Å². The van der Waals surface area contributed by atoms with E-state index < -0.39 is 14.7 Å². The van der Waals surface area contributed by atoms with E-state index in [0.29, 0.717) is 11.1 Å². The predicted octanol–water partition coefficient (Wildman–Crippen LogP) is 1.98. The Labute approximate surface area is 94.1 Å². The molecule has 84 valence electrons. The Bertz CT molecular complexity index is 446. The highest BCUT2D eigenvalue weighted by atomic mass is 35.7. The van der Waals surface area contributed by atoms with Gasteiger partial charge in [-0.1, -0.05) is 24.3 Å². The minimum atomic E-state index is -3.55. The van der Waals surface area contributed by atoms with E-state index in [0.717, 1.165) is 0 Å². The zero-order valence-corrected chi connectivity index (χ0v) is 10.1. The van der Waals surface area contributed by atoms with E-state index in [9.17, 15) is 13.5 Å². The Morgan fingerprint density at radius 3 is 2.47 bits per heavy atom. The van der Waals surface area contributed by atoms with Gasteiger partial charge in [0.1, 0.15) is 0 Å². The van der Waals surface area contributed by atoms with Crippen molar-refractivity contribution in [2.24, 2.45) is 0 Å². The minimum Gasteiger partial charge on any atom is -0.386 e. The van der Waals surface area contributed by atoms with Gasteiger partial charge < -0.3 is 5.11 Å². The molecular formula is C10H13ClO3S. The third kappa shape index (κ3) is 4.20. The van der Waals surface area contributed by atoms with Gasteiger partial charge >= 0.3 is 0 Å². The van der Waals surface area contributed by atoms with Crippen LogP contribution in [0.5, 0.6) is 0 Å². The maximum absolute atomic E-state index is 10.9. The molecule has 0 unspecified atom stereocenters. The second-order valence-corrected chi connectivity index (χ2v) is 6.72. The fourth-order valence-corrected chi connectivity index (χ4v) is 2.20. The van der Waals surface area contributed by atoms with Crippen LogP contribution in [0.1, 0.15) is 25.0 Å². The SMILES string of the molecule is CC(C)(O)c1cccc(CS(=O)(=O)Cl)c1. The topological polar surface area (TPSA) is 54.4 Å². The van der Waals surface area contributed by atoms with Crippen molar-refractivity contribution in [2.45, 2.75) is 25.2 Å². The van der Waals surface area contributed by atoms with E-state index in [2.05, 4.69) is 0 Å². The highest BCUT2D eigenvalue weighted by molar-refractivity contribution is 8.13. The number of aliphatic hydroxyl groups is 1. The first-order valence-corrected chi connectivity index (χ1v) is 6.90. The molecule has 1 rings (SSSR count). The summed E-state index contributed by atoms with van der Waals surface area (Å²) in [6, 6.07) is 6.74. The molecule has 0 saturated carbocycles. The first-order valence-electron chi connectivity index (χ1n) is 4.42. The molecule has 5 heteroatoms. The summed E-state index contributed by atoms with van der Waals surface area (Å²) in [6.45, 7) is 3.28. The molecule has 0 radical (unpaired) electrons. The molecule has 0 atom stereocenters. The Kier molecular flexibility index (Phi) is 3.43. The van der Waals surface area contributed by atoms with Gasteiger partial charge in [-0.3, -0.25) is 0 Å². The van der Waals surface area contributed by atoms with Crippen LogP contribution >= 0.6 is 10.7 Å². The summed E-state index contributed by atoms with van der Waals surface area (Å²) in [5.41, 5.74) is 0.261. The van der Waals surface area contributed by atoms with Crippen LogP contribution in [0.2, 0.25) is 0 Å². The van der Waals surface area contributed by atoms with Crippen molar-refractivity contribution in [3.8, 4) is 0 Å². The Hall–Kier alpha value is -0.580. The van der Waals surface area contributed by atoms with E-state index in [4.69, 9.17) is 10.7 Å². The monoisotopic (exact) mass is 248 g/mol. The molecule has 0 aromatic heterocycles. The fraction of sp³-hybridized carbons (Fsp3) is 0.400. The molecular weight excluding hydrogens is 236 g/mol. The van der Waals surface area contributed by atoms with E-state index in [1.54, 1.807) is 38.1 Å². The number of halogens is 1. The van der Waals surface area contributed by atoms with Crippen LogP contribution < -0.4 is 0 Å². The van der Waals surface area contributed by atoms with Crippen molar-refractivity contribution in [1.29, 1.82) is 0 Å². The third-order valence-corrected chi connectivity index (χ3v) is 2.98. The first-order chi connectivity index (χ1) is 6.68. The molecule has 0 heterocycles. The first kappa shape index (κ1) is 12.5. The van der Waals surface area contributed by atoms with E-state index in [1.165, 1.54) is 0 Å². The second kappa shape index (κ2) is 4.12. The zero-order chi connectivity index (χ0) is 11.7. The van der Waals surface area contributed by atoms with Crippen molar-refractivity contribution in [3.05, 3.63) is 35.4 Å². The molecule has 0 fully saturated rings. The number of benzene rings is 1. The summed E-state index contributed by atoms with van der Waals surface area (Å²) in [4.78, 5) is 0. The molecule has 0 bridgehead atoms. The van der Waals surface area contributed by atoms with Crippen LogP contribution in [-0.2, 0) is 20.4 Å². The minimum absolute atomic E-state index is 0.224. The number of hydrogen-bond donors (Lipinski definition) is 1. The van der Waals surface area contributed by atoms with Crippen molar-refractivity contribution >= 4 is 19.7 Å². The molecule has 15 heavy (non-hydrogen) atoms. The molecule has 0 amide bonds. The molecule has 0 aliphatic heterocycles. The van der Waals surface area contributed by atoms with E-state index >= 15 is 0 Å². The van der Waals surface area contributed by atoms with Gasteiger partial charge in [-0.2, -0.15) is 0 Å². The van der Waals surface area contributed by atoms with Crippen molar-refractivity contribution in [2.75, 3.05) is 0 Å². The molecule has 1 aromatic rings. The van der Waals surface area contributed by atoms with Gasteiger partial charge in [0, 0.05) is 10.7 Å². The summed E-state index contributed by atoms with van der Waals surface area (Å²) in [6.07, 6.45) is 0. The van der Waals surface area contributed by atoms with Gasteiger partial charge in [-0.15, -0.1) is 0 Å². The smallest absolute Gasteiger partial charge is 0.236 e. The molecule has 0 aliphatic rings. The standard InChI is InChI=1S/C10H13ClO3S/c1-10(2,12)9-5-3-4-8(6-9)7-15(11,13)14/h3-6,12H,7H2,1-2H3. The Morgan fingerprint density at radius 1 is 1.40 bits per heavy atom. The Morgan fingerprint density at radius 2 is 2.00 bits per heavy atom. The summed E-state index contributed by atoms with van der Waals surface area (Å²) in [7, 11) is 1.60. The van der Waals surface area contributed by atoms with Crippen molar-refractivity contribution in [1.82, 2.24) is 0 Å². The predicted molar refractivity (Wildman–Crippen MR) is 60.2 cm³/mol. The van der Waals surface area contributed by atoms with Crippen LogP contribution in [0.15, 0.2) is 24.3 Å². The van der Waals surface area contributed by atoms with E-state index in [-0.39, 0.29) is 5.75 Å². The maximum Gasteiger partial charge on any atom is 0.236 e. The fourth-order valence-electron chi connectivity index (χ4n) is 1.24. The summed E-state index contributed by atoms with van der Waals surface area (Å²) in [5, 5.41) is 9.73. The van der Waals surface area contributed by atoms with Crippen LogP contribution in [-0.4, -0.2) is 13.5 Å². The van der Waals surface area contributed by atoms with Gasteiger partial charge in [0.15, 0.2) is 0 Å².